The number of anilines is 2. The van der Waals surface area contributed by atoms with Crippen LogP contribution in [-0.2, 0) is 0 Å². The van der Waals surface area contributed by atoms with Crippen molar-refractivity contribution in [2.24, 2.45) is 5.92 Å². The second kappa shape index (κ2) is 10.2. The summed E-state index contributed by atoms with van der Waals surface area (Å²) < 4.78 is 43.4. The van der Waals surface area contributed by atoms with E-state index in [-0.39, 0.29) is 35.5 Å². The van der Waals surface area contributed by atoms with Gasteiger partial charge in [0.2, 0.25) is 11.8 Å². The first kappa shape index (κ1) is 25.2. The van der Waals surface area contributed by atoms with Crippen molar-refractivity contribution in [2.75, 3.05) is 30.4 Å². The minimum Gasteiger partial charge on any atom is -0.478 e. The summed E-state index contributed by atoms with van der Waals surface area (Å²) in [5.74, 6) is -0.515. The number of ether oxygens (including phenoxy) is 1. The van der Waals surface area contributed by atoms with E-state index < -0.39 is 36.9 Å². The Balaban J connectivity index is 2.03. The molecule has 182 valence electrons. The fraction of sp³-hybridized carbons (Fsp3) is 0.550. The number of aliphatic hydroxyl groups is 3. The number of nitrogens with one attached hydrogen (secondary N) is 2. The van der Waals surface area contributed by atoms with Crippen molar-refractivity contribution in [2.45, 2.75) is 44.7 Å². The first-order valence-electron chi connectivity index (χ1n) is 10.3. The van der Waals surface area contributed by atoms with Gasteiger partial charge in [-0.3, -0.25) is 0 Å². The van der Waals surface area contributed by atoms with Crippen LogP contribution in [0.5, 0.6) is 5.88 Å². The number of alkyl halides is 3. The standard InChI is InChI=1S/C20H25ClF3N5O4/c1-3-33-13-5-4-11(9(2)26-13)14-17(21)28-19(25-8-20(22,23)24)29-18(14)27-12-6-10(7-30)15(31)16(12)32/h4-5,10,12,15-16,30-32H,3,6-8H2,1-2H3,(H2,25,27,28,29)/t10-,12-,15-,16+/m1/s1. The lowest BCUT2D eigenvalue weighted by molar-refractivity contribution is -0.115. The smallest absolute Gasteiger partial charge is 0.405 e. The number of halogens is 4. The normalized spacial score (nSPS) is 22.9. The fourth-order valence-corrected chi connectivity index (χ4v) is 3.96. The van der Waals surface area contributed by atoms with Crippen LogP contribution in [0.1, 0.15) is 19.0 Å². The quantitative estimate of drug-likeness (QED) is 0.353. The maximum atomic E-state index is 12.7. The number of aromatic nitrogens is 3. The van der Waals surface area contributed by atoms with Crippen LogP contribution in [0, 0.1) is 12.8 Å². The van der Waals surface area contributed by atoms with Gasteiger partial charge in [-0.15, -0.1) is 0 Å². The molecular formula is C20H25ClF3N5O4. The first-order chi connectivity index (χ1) is 15.5. The van der Waals surface area contributed by atoms with Gasteiger partial charge in [0.15, 0.2) is 0 Å². The van der Waals surface area contributed by atoms with Crippen molar-refractivity contribution in [3.63, 3.8) is 0 Å². The van der Waals surface area contributed by atoms with Gasteiger partial charge in [0.1, 0.15) is 23.6 Å². The number of hydrogen-bond acceptors (Lipinski definition) is 9. The zero-order valence-electron chi connectivity index (χ0n) is 17.9. The van der Waals surface area contributed by atoms with Crippen LogP contribution in [0.25, 0.3) is 11.1 Å². The summed E-state index contributed by atoms with van der Waals surface area (Å²) in [4.78, 5) is 12.4. The third-order valence-electron chi connectivity index (χ3n) is 5.29. The van der Waals surface area contributed by atoms with E-state index in [1.54, 1.807) is 19.1 Å². The van der Waals surface area contributed by atoms with Crippen molar-refractivity contribution in [3.05, 3.63) is 23.0 Å². The van der Waals surface area contributed by atoms with Crippen LogP contribution in [0.15, 0.2) is 12.1 Å². The van der Waals surface area contributed by atoms with Crippen molar-refractivity contribution >= 4 is 23.4 Å². The van der Waals surface area contributed by atoms with Crippen molar-refractivity contribution in [1.29, 1.82) is 0 Å². The fourth-order valence-electron chi connectivity index (χ4n) is 3.69. The van der Waals surface area contributed by atoms with E-state index in [0.717, 1.165) is 0 Å². The van der Waals surface area contributed by atoms with Gasteiger partial charge in [-0.05, 0) is 26.3 Å². The van der Waals surface area contributed by atoms with Crippen LogP contribution >= 0.6 is 11.6 Å². The average molecular weight is 492 g/mol. The van der Waals surface area contributed by atoms with Gasteiger partial charge in [0.25, 0.3) is 0 Å². The molecular weight excluding hydrogens is 467 g/mol. The SMILES string of the molecule is CCOc1ccc(-c2c(Cl)nc(NCC(F)(F)F)nc2N[C@@H]2C[C@H](CO)[C@@H](O)[C@H]2O)c(C)n1. The van der Waals surface area contributed by atoms with Gasteiger partial charge >= 0.3 is 6.18 Å². The molecule has 0 spiro atoms. The highest BCUT2D eigenvalue weighted by molar-refractivity contribution is 6.32. The van der Waals surface area contributed by atoms with Gasteiger partial charge < -0.3 is 30.7 Å². The Morgan fingerprint density at radius 1 is 1.18 bits per heavy atom. The second-order valence-electron chi connectivity index (χ2n) is 7.66. The number of rotatable bonds is 8. The highest BCUT2D eigenvalue weighted by Crippen LogP contribution is 2.38. The summed E-state index contributed by atoms with van der Waals surface area (Å²) in [5.41, 5.74) is 1.27. The van der Waals surface area contributed by atoms with E-state index >= 15 is 0 Å². The number of hydrogen-bond donors (Lipinski definition) is 5. The van der Waals surface area contributed by atoms with Crippen LogP contribution in [0.4, 0.5) is 24.9 Å². The van der Waals surface area contributed by atoms with Gasteiger partial charge in [0.05, 0.1) is 24.3 Å². The summed E-state index contributed by atoms with van der Waals surface area (Å²) in [6.45, 7) is 2.21. The lowest BCUT2D eigenvalue weighted by atomic mass is 10.1. The number of aryl methyl sites for hydroxylation is 1. The van der Waals surface area contributed by atoms with E-state index in [0.29, 0.717) is 23.7 Å². The van der Waals surface area contributed by atoms with Crippen LogP contribution in [0.2, 0.25) is 5.15 Å². The molecule has 0 aromatic carbocycles. The summed E-state index contributed by atoms with van der Waals surface area (Å²) >= 11 is 6.38. The van der Waals surface area contributed by atoms with Gasteiger partial charge in [0, 0.05) is 29.8 Å². The molecule has 2 aromatic rings. The minimum absolute atomic E-state index is 0.0450. The summed E-state index contributed by atoms with van der Waals surface area (Å²) in [6, 6.07) is 2.54. The first-order valence-corrected chi connectivity index (χ1v) is 10.6. The maximum Gasteiger partial charge on any atom is 0.405 e. The molecule has 0 radical (unpaired) electrons. The van der Waals surface area contributed by atoms with Crippen molar-refractivity contribution < 1.29 is 33.2 Å². The Morgan fingerprint density at radius 2 is 1.91 bits per heavy atom. The predicted molar refractivity (Wildman–Crippen MR) is 115 cm³/mol. The molecule has 0 amide bonds. The van der Waals surface area contributed by atoms with E-state index in [4.69, 9.17) is 16.3 Å². The molecule has 0 bridgehead atoms. The molecule has 4 atom stereocenters. The number of pyridine rings is 1. The Labute approximate surface area is 193 Å². The van der Waals surface area contributed by atoms with Crippen molar-refractivity contribution in [3.8, 4) is 17.0 Å². The molecule has 13 heteroatoms. The Kier molecular flexibility index (Phi) is 7.83. The Hall–Kier alpha value is -2.41. The van der Waals surface area contributed by atoms with E-state index in [1.807, 2.05) is 6.92 Å². The zero-order chi connectivity index (χ0) is 24.3. The molecule has 1 aliphatic carbocycles. The molecule has 33 heavy (non-hydrogen) atoms. The lowest BCUT2D eigenvalue weighted by Gasteiger charge is -2.22. The topological polar surface area (TPSA) is 133 Å². The van der Waals surface area contributed by atoms with Gasteiger partial charge in [-0.25, -0.2) is 9.97 Å². The van der Waals surface area contributed by atoms with Crippen LogP contribution in [0.3, 0.4) is 0 Å². The highest BCUT2D eigenvalue weighted by Gasteiger charge is 2.41. The summed E-state index contributed by atoms with van der Waals surface area (Å²) in [7, 11) is 0. The predicted octanol–water partition coefficient (Wildman–Crippen LogP) is 2.39. The molecule has 3 rings (SSSR count). The second-order valence-corrected chi connectivity index (χ2v) is 8.01. The molecule has 9 nitrogen and oxygen atoms in total. The third kappa shape index (κ3) is 5.94. The van der Waals surface area contributed by atoms with Crippen LogP contribution < -0.4 is 15.4 Å². The molecule has 2 heterocycles. The monoisotopic (exact) mass is 491 g/mol. The third-order valence-corrected chi connectivity index (χ3v) is 5.57. The number of nitrogens with zero attached hydrogens (tertiary/aromatic N) is 3. The van der Waals surface area contributed by atoms with Gasteiger partial charge in [-0.2, -0.15) is 18.2 Å². The average Bonchev–Trinajstić information content (AvgIpc) is 3.01. The van der Waals surface area contributed by atoms with Crippen molar-refractivity contribution in [1.82, 2.24) is 15.0 Å². The Bertz CT molecular complexity index is 981. The van der Waals surface area contributed by atoms with Crippen LogP contribution in [-0.4, -0.2) is 74.5 Å². The van der Waals surface area contributed by atoms with E-state index in [2.05, 4.69) is 25.6 Å². The molecule has 1 saturated carbocycles. The molecule has 0 saturated heterocycles. The molecule has 2 aromatic heterocycles. The molecule has 5 N–H and O–H groups in total. The van der Waals surface area contributed by atoms with Gasteiger partial charge in [-0.1, -0.05) is 11.6 Å². The maximum absolute atomic E-state index is 12.7. The summed E-state index contributed by atoms with van der Waals surface area (Å²) in [6.07, 6.45) is -6.72. The minimum atomic E-state index is -4.50. The van der Waals surface area contributed by atoms with E-state index in [1.165, 1.54) is 0 Å². The lowest BCUT2D eigenvalue weighted by Crippen LogP contribution is -2.35. The summed E-state index contributed by atoms with van der Waals surface area (Å²) in [5, 5.41) is 34.9. The van der Waals surface area contributed by atoms with E-state index in [9.17, 15) is 28.5 Å². The molecule has 1 fully saturated rings. The largest absolute Gasteiger partial charge is 0.478 e. The molecule has 0 aliphatic heterocycles. The zero-order valence-corrected chi connectivity index (χ0v) is 18.7. The molecule has 1 aliphatic rings. The highest BCUT2D eigenvalue weighted by atomic mass is 35.5. The number of aliphatic hydroxyl groups excluding tert-OH is 3. The Morgan fingerprint density at radius 3 is 2.48 bits per heavy atom. The molecule has 0 unspecified atom stereocenters.